The van der Waals surface area contributed by atoms with Gasteiger partial charge in [0.05, 0.1) is 79.1 Å². The predicted molar refractivity (Wildman–Crippen MR) is 150 cm³/mol. The molecular formula is C28H45N3O7. The Morgan fingerprint density at radius 3 is 1.16 bits per heavy atom. The van der Waals surface area contributed by atoms with Gasteiger partial charge in [-0.25, -0.2) is 19.0 Å². The van der Waals surface area contributed by atoms with Crippen LogP contribution in [0.4, 0.5) is 0 Å². The average molecular weight is 536 g/mol. The highest BCUT2D eigenvalue weighted by Crippen LogP contribution is 2.07. The molecule has 214 valence electrons. The van der Waals surface area contributed by atoms with Gasteiger partial charge in [0.2, 0.25) is 0 Å². The Morgan fingerprint density at radius 1 is 0.526 bits per heavy atom. The van der Waals surface area contributed by atoms with E-state index in [1.54, 1.807) is 45.8 Å². The van der Waals surface area contributed by atoms with Crippen LogP contribution in [0.1, 0.15) is 0 Å². The van der Waals surface area contributed by atoms with Crippen molar-refractivity contribution in [3.63, 3.8) is 0 Å². The first kappa shape index (κ1) is 33.3. The van der Waals surface area contributed by atoms with Crippen molar-refractivity contribution in [1.29, 1.82) is 0 Å². The van der Waals surface area contributed by atoms with Gasteiger partial charge in [0.1, 0.15) is 18.3 Å². The van der Waals surface area contributed by atoms with Crippen LogP contribution in [0, 0.1) is 0 Å². The van der Waals surface area contributed by atoms with Crippen LogP contribution in [0.25, 0.3) is 0 Å². The summed E-state index contributed by atoms with van der Waals surface area (Å²) >= 11 is 0. The van der Waals surface area contributed by atoms with Gasteiger partial charge < -0.3 is 28.4 Å². The summed E-state index contributed by atoms with van der Waals surface area (Å²) in [4.78, 5) is 15.2. The lowest BCUT2D eigenvalue weighted by atomic mass is 10.3. The van der Waals surface area contributed by atoms with Crippen LogP contribution in [0.15, 0.2) is 80.7 Å². The summed E-state index contributed by atoms with van der Waals surface area (Å²) < 4.78 is 37.7. The van der Waals surface area contributed by atoms with E-state index in [1.807, 2.05) is 4.80 Å². The average Bonchev–Trinajstić information content (AvgIpc) is 2.93. The highest BCUT2D eigenvalue weighted by atomic mass is 16.5. The van der Waals surface area contributed by atoms with E-state index in [1.165, 1.54) is 0 Å². The van der Waals surface area contributed by atoms with Crippen molar-refractivity contribution in [1.82, 2.24) is 14.2 Å². The fraction of sp³-hybridized carbons (Fsp3) is 0.536. The van der Waals surface area contributed by atoms with Gasteiger partial charge in [-0.2, -0.15) is 0 Å². The van der Waals surface area contributed by atoms with Crippen molar-refractivity contribution < 1.29 is 28.4 Å². The Balaban J connectivity index is 3.25. The maximum absolute atomic E-state index is 13.3. The first-order valence-electron chi connectivity index (χ1n) is 12.7. The fourth-order valence-corrected chi connectivity index (χ4v) is 3.45. The van der Waals surface area contributed by atoms with E-state index < -0.39 is 0 Å². The first-order valence-corrected chi connectivity index (χ1v) is 12.7. The summed E-state index contributed by atoms with van der Waals surface area (Å²) in [6.45, 7) is 26.1. The molecule has 1 aromatic heterocycles. The molecule has 38 heavy (non-hydrogen) atoms. The third kappa shape index (κ3) is 12.7. The van der Waals surface area contributed by atoms with E-state index in [2.05, 4.69) is 39.5 Å². The molecule has 0 aliphatic heterocycles. The van der Waals surface area contributed by atoms with E-state index in [0.717, 1.165) is 0 Å². The zero-order chi connectivity index (χ0) is 28.0. The Hall–Kier alpha value is -2.73. The quantitative estimate of drug-likeness (QED) is 0.126. The second-order valence-electron chi connectivity index (χ2n) is 8.21. The number of nitrogens with zero attached hydrogens (tertiary/aromatic N) is 3. The summed E-state index contributed by atoms with van der Waals surface area (Å²) in [6, 6.07) is 0. The number of hydrogen-bond donors (Lipinski definition) is 0. The van der Waals surface area contributed by atoms with Crippen LogP contribution < -0.4 is 5.69 Å². The smallest absolute Gasteiger partial charge is 0.360 e. The van der Waals surface area contributed by atoms with E-state index in [4.69, 9.17) is 28.4 Å². The van der Waals surface area contributed by atoms with Crippen molar-refractivity contribution >= 4 is 0 Å². The topological polar surface area (TPSA) is 87.2 Å². The molecule has 0 bridgehead atoms. The van der Waals surface area contributed by atoms with Crippen molar-refractivity contribution in [3.05, 3.63) is 86.4 Å². The summed E-state index contributed by atoms with van der Waals surface area (Å²) in [5.74, 6) is 0. The molecule has 0 amide bonds. The van der Waals surface area contributed by atoms with Gasteiger partial charge in [-0.3, -0.25) is 0 Å². The van der Waals surface area contributed by atoms with Crippen LogP contribution in [-0.2, 0) is 48.1 Å². The second-order valence-corrected chi connectivity index (χ2v) is 8.21. The van der Waals surface area contributed by atoms with Gasteiger partial charge >= 0.3 is 5.69 Å². The molecule has 3 atom stereocenters. The molecule has 0 aliphatic rings. The molecule has 0 saturated heterocycles. The van der Waals surface area contributed by atoms with Crippen LogP contribution in [0.2, 0.25) is 0 Å². The molecule has 0 spiro atoms. The minimum atomic E-state index is -0.380. The van der Waals surface area contributed by atoms with Gasteiger partial charge in [-0.15, -0.1) is 39.5 Å². The standard InChI is InChI=1S/C28H45N3O7/c1-7-13-33-22-25(36-16-10-4)19-29-28(32)30(20-26(37-17-11-5)23-34-14-8-2)31(29)21-27(38-18-12-6)24-35-15-9-3/h7-12,25-27H,1-6,13-24H2. The molecule has 0 radical (unpaired) electrons. The minimum Gasteiger partial charge on any atom is -0.375 e. The normalized spacial score (nSPS) is 13.5. The van der Waals surface area contributed by atoms with Crippen LogP contribution in [0.3, 0.4) is 0 Å². The molecule has 10 nitrogen and oxygen atoms in total. The molecule has 1 aromatic rings. The van der Waals surface area contributed by atoms with Crippen molar-refractivity contribution in [3.8, 4) is 0 Å². The molecular weight excluding hydrogens is 490 g/mol. The summed E-state index contributed by atoms with van der Waals surface area (Å²) in [6.07, 6.45) is 8.87. The Kier molecular flexibility index (Phi) is 18.6. The Morgan fingerprint density at radius 2 is 0.842 bits per heavy atom. The zero-order valence-corrected chi connectivity index (χ0v) is 22.6. The largest absolute Gasteiger partial charge is 0.375 e. The lowest BCUT2D eigenvalue weighted by Crippen LogP contribution is -2.56. The lowest BCUT2D eigenvalue weighted by molar-refractivity contribution is -0.0486. The van der Waals surface area contributed by atoms with E-state index in [-0.39, 0.29) is 50.3 Å². The highest BCUT2D eigenvalue weighted by molar-refractivity contribution is 4.78. The van der Waals surface area contributed by atoms with Gasteiger partial charge in [0.25, 0.3) is 0 Å². The molecule has 1 heterocycles. The van der Waals surface area contributed by atoms with E-state index in [0.29, 0.717) is 52.8 Å². The van der Waals surface area contributed by atoms with Gasteiger partial charge in [-0.05, 0) is 0 Å². The third-order valence-electron chi connectivity index (χ3n) is 5.09. The second kappa shape index (κ2) is 21.2. The van der Waals surface area contributed by atoms with E-state index in [9.17, 15) is 4.79 Å². The fourth-order valence-electron chi connectivity index (χ4n) is 3.45. The van der Waals surface area contributed by atoms with Gasteiger partial charge in [0.15, 0.2) is 0 Å². The van der Waals surface area contributed by atoms with Crippen molar-refractivity contribution in [2.75, 3.05) is 59.5 Å². The first-order chi connectivity index (χ1) is 18.6. The zero-order valence-electron chi connectivity index (χ0n) is 22.6. The minimum absolute atomic E-state index is 0.202. The predicted octanol–water partition coefficient (Wildman–Crippen LogP) is 2.77. The van der Waals surface area contributed by atoms with Gasteiger partial charge in [0, 0.05) is 0 Å². The van der Waals surface area contributed by atoms with E-state index >= 15 is 0 Å². The Labute approximate surface area is 226 Å². The summed E-state index contributed by atoms with van der Waals surface area (Å²) in [5.41, 5.74) is -0.202. The van der Waals surface area contributed by atoms with Gasteiger partial charge in [-0.1, -0.05) is 36.5 Å². The number of ether oxygens (including phenoxy) is 6. The maximum atomic E-state index is 13.3. The molecule has 0 saturated carbocycles. The molecule has 0 fully saturated rings. The van der Waals surface area contributed by atoms with Crippen LogP contribution >= 0.6 is 0 Å². The maximum Gasteiger partial charge on any atom is 0.360 e. The lowest BCUT2D eigenvalue weighted by Gasteiger charge is -2.33. The molecule has 0 aromatic carbocycles. The third-order valence-corrected chi connectivity index (χ3v) is 5.09. The molecule has 1 rings (SSSR count). The summed E-state index contributed by atoms with van der Waals surface area (Å²) in [5, 5.41) is 0. The monoisotopic (exact) mass is 535 g/mol. The number of aromatic nitrogens is 3. The molecule has 0 aliphatic carbocycles. The summed E-state index contributed by atoms with van der Waals surface area (Å²) in [7, 11) is 0. The molecule has 10 heteroatoms. The van der Waals surface area contributed by atoms with Crippen molar-refractivity contribution in [2.45, 2.75) is 37.9 Å². The van der Waals surface area contributed by atoms with Crippen LogP contribution in [-0.4, -0.2) is 91.9 Å². The van der Waals surface area contributed by atoms with Crippen LogP contribution in [0.5, 0.6) is 0 Å². The number of rotatable bonds is 27. The molecule has 0 N–H and O–H groups in total. The molecule has 3 unspecified atom stereocenters. The highest BCUT2D eigenvalue weighted by Gasteiger charge is 2.26. The number of hydrogen-bond acceptors (Lipinski definition) is 7. The van der Waals surface area contributed by atoms with Crippen molar-refractivity contribution in [2.24, 2.45) is 0 Å². The SMILES string of the molecule is C=CCOCC(Cn1c(=O)n(CC(COCC=C)OCC=C)n1CC(COCC=C)OCC=C)OCC=C. The Bertz CT molecular complexity index is 835.